The Kier molecular flexibility index (Phi) is 9.59. The number of benzene rings is 3. The number of nitrogens with one attached hydrogen (secondary N) is 1. The molecule has 0 saturated carbocycles. The molecule has 0 aliphatic heterocycles. The number of carbonyl (C=O) groups is 2. The second kappa shape index (κ2) is 12.7. The molecule has 12 heteroatoms. The van der Waals surface area contributed by atoms with E-state index in [-0.39, 0.29) is 28.7 Å². The number of amides is 2. The Balaban J connectivity index is 2.03. The average molecular weight is 603 g/mol. The van der Waals surface area contributed by atoms with Crippen LogP contribution in [-0.2, 0) is 26.2 Å². The molecule has 1 N–H and O–H groups in total. The lowest BCUT2D eigenvalue weighted by molar-refractivity contribution is -0.384. The number of sulfonamides is 1. The second-order valence-corrected chi connectivity index (χ2v) is 11.1. The molecule has 1 atom stereocenters. The molecule has 0 aromatic heterocycles. The Morgan fingerprint density at radius 2 is 1.61 bits per heavy atom. The van der Waals surface area contributed by atoms with E-state index in [0.717, 1.165) is 14.3 Å². The van der Waals surface area contributed by atoms with Gasteiger partial charge in [-0.2, -0.15) is 0 Å². The third kappa shape index (κ3) is 6.95. The number of hydrogen-bond donors (Lipinski definition) is 1. The van der Waals surface area contributed by atoms with Gasteiger partial charge in [-0.1, -0.05) is 46.3 Å². The van der Waals surface area contributed by atoms with E-state index in [1.807, 2.05) is 0 Å². The molecule has 0 unspecified atom stereocenters. The maximum atomic E-state index is 13.7. The number of likely N-dealkylation sites (N-methyl/N-ethyl adjacent to an activating group) is 1. The van der Waals surface area contributed by atoms with Crippen molar-refractivity contribution in [2.24, 2.45) is 0 Å². The summed E-state index contributed by atoms with van der Waals surface area (Å²) in [4.78, 5) is 38.2. The topological polar surface area (TPSA) is 130 Å². The fourth-order valence-corrected chi connectivity index (χ4v) is 5.38. The number of non-ortho nitro benzene ring substituents is 1. The maximum Gasteiger partial charge on any atom is 0.269 e. The molecule has 38 heavy (non-hydrogen) atoms. The lowest BCUT2D eigenvalue weighted by Crippen LogP contribution is -2.51. The summed E-state index contributed by atoms with van der Waals surface area (Å²) in [5.41, 5.74) is 0.589. The number of anilines is 1. The van der Waals surface area contributed by atoms with Crippen molar-refractivity contribution < 1.29 is 22.9 Å². The van der Waals surface area contributed by atoms with Crippen molar-refractivity contribution in [3.05, 3.63) is 99.0 Å². The van der Waals surface area contributed by atoms with Crippen molar-refractivity contribution in [1.82, 2.24) is 10.2 Å². The van der Waals surface area contributed by atoms with E-state index in [1.165, 1.54) is 41.3 Å². The number of nitro benzene ring substituents is 1. The van der Waals surface area contributed by atoms with Crippen LogP contribution in [0.1, 0.15) is 19.4 Å². The molecular formula is C26H27BrN4O6S. The molecule has 3 aromatic carbocycles. The summed E-state index contributed by atoms with van der Waals surface area (Å²) in [7, 11) is -4.24. The Hall–Kier alpha value is -3.77. The molecule has 0 aliphatic carbocycles. The third-order valence-corrected chi connectivity index (χ3v) is 8.06. The van der Waals surface area contributed by atoms with Gasteiger partial charge in [-0.15, -0.1) is 0 Å². The van der Waals surface area contributed by atoms with Crippen LogP contribution in [-0.4, -0.2) is 49.2 Å². The molecular weight excluding hydrogens is 576 g/mol. The summed E-state index contributed by atoms with van der Waals surface area (Å²) in [5, 5.41) is 13.8. The largest absolute Gasteiger partial charge is 0.355 e. The van der Waals surface area contributed by atoms with Crippen LogP contribution >= 0.6 is 15.9 Å². The average Bonchev–Trinajstić information content (AvgIpc) is 2.91. The standard InChI is InChI=1S/C26H27BrN4O6S/c1-3-28-26(33)19(2)29(17-20-9-11-21(27)12-10-20)25(32)18-30(22-13-15-23(16-14-22)31(34)35)38(36,37)24-7-5-4-6-8-24/h4-16,19H,3,17-18H2,1-2H3,(H,28,33)/t19-/m1/s1. The number of carbonyl (C=O) groups excluding carboxylic acids is 2. The van der Waals surface area contributed by atoms with Gasteiger partial charge in [0.25, 0.3) is 15.7 Å². The molecule has 10 nitrogen and oxygen atoms in total. The first-order valence-corrected chi connectivity index (χ1v) is 13.9. The molecule has 0 spiro atoms. The minimum Gasteiger partial charge on any atom is -0.355 e. The quantitative estimate of drug-likeness (QED) is 0.260. The van der Waals surface area contributed by atoms with E-state index in [4.69, 9.17) is 0 Å². The fourth-order valence-electron chi connectivity index (χ4n) is 3.68. The highest BCUT2D eigenvalue weighted by atomic mass is 79.9. The Morgan fingerprint density at radius 3 is 2.16 bits per heavy atom. The monoisotopic (exact) mass is 602 g/mol. The molecule has 200 valence electrons. The van der Waals surface area contributed by atoms with Gasteiger partial charge in [-0.05, 0) is 55.8 Å². The zero-order valence-electron chi connectivity index (χ0n) is 20.8. The van der Waals surface area contributed by atoms with Crippen molar-refractivity contribution in [3.63, 3.8) is 0 Å². The van der Waals surface area contributed by atoms with Crippen LogP contribution in [0.15, 0.2) is 88.2 Å². The van der Waals surface area contributed by atoms with Crippen molar-refractivity contribution in [3.8, 4) is 0 Å². The van der Waals surface area contributed by atoms with Crippen molar-refractivity contribution >= 4 is 49.1 Å². The number of halogens is 1. The Labute approximate surface area is 229 Å². The van der Waals surface area contributed by atoms with Gasteiger partial charge in [0.2, 0.25) is 11.8 Å². The summed E-state index contributed by atoms with van der Waals surface area (Å²) in [6, 6.07) is 18.8. The third-order valence-electron chi connectivity index (χ3n) is 5.74. The summed E-state index contributed by atoms with van der Waals surface area (Å²) < 4.78 is 29.0. The SMILES string of the molecule is CCNC(=O)[C@@H](C)N(Cc1ccc(Br)cc1)C(=O)CN(c1ccc([N+](=O)[O-])cc1)S(=O)(=O)c1ccccc1. The number of rotatable bonds is 11. The molecule has 0 bridgehead atoms. The number of nitro groups is 1. The van der Waals surface area contributed by atoms with Crippen LogP contribution in [0.5, 0.6) is 0 Å². The van der Waals surface area contributed by atoms with Gasteiger partial charge in [-0.3, -0.25) is 24.0 Å². The Morgan fingerprint density at radius 1 is 1.00 bits per heavy atom. The van der Waals surface area contributed by atoms with E-state index in [0.29, 0.717) is 6.54 Å². The van der Waals surface area contributed by atoms with Crippen molar-refractivity contribution in [2.45, 2.75) is 31.3 Å². The first-order valence-electron chi connectivity index (χ1n) is 11.7. The van der Waals surface area contributed by atoms with Gasteiger partial charge >= 0.3 is 0 Å². The molecule has 0 heterocycles. The first kappa shape index (κ1) is 28.8. The zero-order chi connectivity index (χ0) is 27.9. The van der Waals surface area contributed by atoms with Crippen LogP contribution in [0.4, 0.5) is 11.4 Å². The van der Waals surface area contributed by atoms with Gasteiger partial charge in [0.15, 0.2) is 0 Å². The highest BCUT2D eigenvalue weighted by Gasteiger charge is 2.32. The number of hydrogen-bond acceptors (Lipinski definition) is 6. The van der Waals surface area contributed by atoms with E-state index < -0.39 is 33.4 Å². The predicted octanol–water partition coefficient (Wildman–Crippen LogP) is 4.11. The predicted molar refractivity (Wildman–Crippen MR) is 147 cm³/mol. The molecule has 0 radical (unpaired) electrons. The van der Waals surface area contributed by atoms with E-state index in [1.54, 1.807) is 56.3 Å². The summed E-state index contributed by atoms with van der Waals surface area (Å²) in [5.74, 6) is -1.00. The van der Waals surface area contributed by atoms with Crippen LogP contribution in [0.3, 0.4) is 0 Å². The number of nitrogens with zero attached hydrogens (tertiary/aromatic N) is 3. The summed E-state index contributed by atoms with van der Waals surface area (Å²) >= 11 is 3.37. The lowest BCUT2D eigenvalue weighted by Gasteiger charge is -2.32. The van der Waals surface area contributed by atoms with E-state index in [9.17, 15) is 28.1 Å². The van der Waals surface area contributed by atoms with Gasteiger partial charge in [0, 0.05) is 29.7 Å². The normalized spacial score (nSPS) is 11.9. The summed E-state index contributed by atoms with van der Waals surface area (Å²) in [6.07, 6.45) is 0. The lowest BCUT2D eigenvalue weighted by atomic mass is 10.1. The van der Waals surface area contributed by atoms with Crippen molar-refractivity contribution in [1.29, 1.82) is 0 Å². The van der Waals surface area contributed by atoms with Gasteiger partial charge < -0.3 is 10.2 Å². The minimum atomic E-state index is -4.24. The first-order chi connectivity index (χ1) is 18.0. The van der Waals surface area contributed by atoms with Crippen LogP contribution in [0.2, 0.25) is 0 Å². The van der Waals surface area contributed by atoms with Crippen LogP contribution < -0.4 is 9.62 Å². The summed E-state index contributed by atoms with van der Waals surface area (Å²) in [6.45, 7) is 3.12. The zero-order valence-corrected chi connectivity index (χ0v) is 23.2. The molecule has 2 amide bonds. The molecule has 0 saturated heterocycles. The second-order valence-electron chi connectivity index (χ2n) is 8.32. The highest BCUT2D eigenvalue weighted by Crippen LogP contribution is 2.26. The molecule has 0 fully saturated rings. The maximum absolute atomic E-state index is 13.7. The van der Waals surface area contributed by atoms with Gasteiger partial charge in [-0.25, -0.2) is 8.42 Å². The highest BCUT2D eigenvalue weighted by molar-refractivity contribution is 9.10. The Bertz CT molecular complexity index is 1380. The molecule has 3 aromatic rings. The van der Waals surface area contributed by atoms with Gasteiger partial charge in [0.05, 0.1) is 15.5 Å². The molecule has 0 aliphatic rings. The minimum absolute atomic E-state index is 0.0533. The van der Waals surface area contributed by atoms with Crippen LogP contribution in [0, 0.1) is 10.1 Å². The smallest absolute Gasteiger partial charge is 0.269 e. The fraction of sp³-hybridized carbons (Fsp3) is 0.231. The van der Waals surface area contributed by atoms with E-state index >= 15 is 0 Å². The molecule has 3 rings (SSSR count). The van der Waals surface area contributed by atoms with Crippen LogP contribution in [0.25, 0.3) is 0 Å². The van der Waals surface area contributed by atoms with Crippen molar-refractivity contribution in [2.75, 3.05) is 17.4 Å². The van der Waals surface area contributed by atoms with Gasteiger partial charge in [0.1, 0.15) is 12.6 Å². The van der Waals surface area contributed by atoms with E-state index in [2.05, 4.69) is 21.2 Å².